The number of benzene rings is 2. The molecule has 1 saturated heterocycles. The molecule has 1 aromatic heterocycles. The first-order valence-electron chi connectivity index (χ1n) is 12.7. The molecule has 0 radical (unpaired) electrons. The lowest BCUT2D eigenvalue weighted by Gasteiger charge is -2.31. The number of aromatic nitrogens is 2. The first-order chi connectivity index (χ1) is 17.0. The lowest BCUT2D eigenvalue weighted by Crippen LogP contribution is -2.31. The van der Waals surface area contributed by atoms with Gasteiger partial charge >= 0.3 is 0 Å². The van der Waals surface area contributed by atoms with Crippen molar-refractivity contribution in [2.45, 2.75) is 45.4 Å². The van der Waals surface area contributed by atoms with Gasteiger partial charge in [-0.05, 0) is 67.7 Å². The van der Waals surface area contributed by atoms with E-state index < -0.39 is 5.91 Å². The molecule has 0 atom stereocenters. The number of fused-ring (bicyclic) bond motifs is 1. The second-order valence-corrected chi connectivity index (χ2v) is 10.4. The number of nitrogens with one attached hydrogen (secondary N) is 1. The summed E-state index contributed by atoms with van der Waals surface area (Å²) in [5.74, 6) is 0.608. The lowest BCUT2D eigenvalue weighted by molar-refractivity contribution is 0.100. The highest BCUT2D eigenvalue weighted by Crippen LogP contribution is 2.36. The molecule has 2 heterocycles. The molecule has 1 fully saturated rings. The Bertz CT molecular complexity index is 1140. The van der Waals surface area contributed by atoms with E-state index >= 15 is 0 Å². The minimum atomic E-state index is -0.530. The van der Waals surface area contributed by atoms with E-state index in [0.717, 1.165) is 61.4 Å². The van der Waals surface area contributed by atoms with Crippen molar-refractivity contribution in [3.05, 3.63) is 53.5 Å². The number of hydrogen-bond donors (Lipinski definition) is 2. The van der Waals surface area contributed by atoms with Crippen molar-refractivity contribution in [1.29, 1.82) is 0 Å². The number of unbranched alkanes of at least 4 members (excludes halogenated alkanes) is 1. The number of amides is 1. The van der Waals surface area contributed by atoms with Crippen LogP contribution in [0.4, 0.5) is 4.39 Å². The Morgan fingerprint density at radius 2 is 2.00 bits per heavy atom. The van der Waals surface area contributed by atoms with Gasteiger partial charge in [-0.15, -0.1) is 0 Å². The van der Waals surface area contributed by atoms with Crippen LogP contribution in [0.1, 0.15) is 61.5 Å². The number of aromatic amines is 1. The number of piperidine rings is 1. The van der Waals surface area contributed by atoms with Crippen LogP contribution in [-0.2, 0) is 0 Å². The van der Waals surface area contributed by atoms with E-state index in [1.165, 1.54) is 31.5 Å². The van der Waals surface area contributed by atoms with E-state index in [1.807, 2.05) is 24.1 Å². The van der Waals surface area contributed by atoms with E-state index in [4.69, 9.17) is 5.73 Å². The zero-order valence-electron chi connectivity index (χ0n) is 20.7. The molecule has 3 N–H and O–H groups in total. The maximum Gasteiger partial charge on any atom is 0.251 e. The summed E-state index contributed by atoms with van der Waals surface area (Å²) in [4.78, 5) is 14.7. The standard InChI is InChI=1S/C27H36FN5OS/c1-3-5-11-32(4-2)14-15-35-33-12-9-19(10-13-33)25-23-17-21(20-7-6-8-22(28)16-20)18-24(27(29)34)26(23)31-30-25/h6-8,16-19H,3-5,9-15H2,1-2H3,(H2,29,34)(H,30,31). The van der Waals surface area contributed by atoms with Crippen molar-refractivity contribution >= 4 is 28.8 Å². The van der Waals surface area contributed by atoms with Crippen LogP contribution in [0.2, 0.25) is 0 Å². The summed E-state index contributed by atoms with van der Waals surface area (Å²) in [5.41, 5.74) is 9.17. The van der Waals surface area contributed by atoms with E-state index in [1.54, 1.807) is 12.1 Å². The predicted molar refractivity (Wildman–Crippen MR) is 143 cm³/mol. The minimum absolute atomic E-state index is 0.312. The smallest absolute Gasteiger partial charge is 0.251 e. The van der Waals surface area contributed by atoms with Gasteiger partial charge in [0.2, 0.25) is 0 Å². The molecule has 0 saturated carbocycles. The van der Waals surface area contributed by atoms with Crippen molar-refractivity contribution in [3.8, 4) is 11.1 Å². The van der Waals surface area contributed by atoms with Crippen molar-refractivity contribution in [3.63, 3.8) is 0 Å². The Kier molecular flexibility index (Phi) is 8.81. The van der Waals surface area contributed by atoms with Gasteiger partial charge < -0.3 is 10.6 Å². The normalized spacial score (nSPS) is 15.3. The third-order valence-corrected chi connectivity index (χ3v) is 8.03. The van der Waals surface area contributed by atoms with Gasteiger partial charge in [-0.3, -0.25) is 14.2 Å². The number of nitrogens with zero attached hydrogens (tertiary/aromatic N) is 3. The summed E-state index contributed by atoms with van der Waals surface area (Å²) in [6.45, 7) is 9.95. The molecule has 188 valence electrons. The molecule has 1 aliphatic heterocycles. The summed E-state index contributed by atoms with van der Waals surface area (Å²) in [5, 5.41) is 8.57. The molecule has 8 heteroatoms. The fourth-order valence-corrected chi connectivity index (χ4v) is 5.92. The summed E-state index contributed by atoms with van der Waals surface area (Å²) >= 11 is 1.95. The van der Waals surface area contributed by atoms with E-state index in [9.17, 15) is 9.18 Å². The van der Waals surface area contributed by atoms with Gasteiger partial charge in [0.25, 0.3) is 5.91 Å². The lowest BCUT2D eigenvalue weighted by atomic mass is 9.90. The summed E-state index contributed by atoms with van der Waals surface area (Å²) < 4.78 is 16.3. The first-order valence-corrected chi connectivity index (χ1v) is 13.6. The number of hydrogen-bond acceptors (Lipinski definition) is 5. The van der Waals surface area contributed by atoms with Gasteiger partial charge in [0.05, 0.1) is 5.56 Å². The highest BCUT2D eigenvalue weighted by Gasteiger charge is 2.26. The average molecular weight is 498 g/mol. The number of H-pyrrole nitrogens is 1. The van der Waals surface area contributed by atoms with Crippen LogP contribution < -0.4 is 5.73 Å². The zero-order chi connectivity index (χ0) is 24.8. The van der Waals surface area contributed by atoms with Crippen LogP contribution in [0.25, 0.3) is 22.0 Å². The van der Waals surface area contributed by atoms with Gasteiger partial charge in [-0.2, -0.15) is 5.10 Å². The van der Waals surface area contributed by atoms with E-state index in [2.05, 4.69) is 33.2 Å². The Balaban J connectivity index is 1.46. The summed E-state index contributed by atoms with van der Waals surface area (Å²) in [6.07, 6.45) is 4.55. The second-order valence-electron chi connectivity index (χ2n) is 9.26. The summed E-state index contributed by atoms with van der Waals surface area (Å²) in [6, 6.07) is 10.1. The monoisotopic (exact) mass is 497 g/mol. The van der Waals surface area contributed by atoms with Crippen LogP contribution in [0, 0.1) is 5.82 Å². The largest absolute Gasteiger partial charge is 0.366 e. The second kappa shape index (κ2) is 12.0. The number of carbonyl (C=O) groups excluding carboxylic acids is 1. The third kappa shape index (κ3) is 6.23. The number of halogens is 1. The third-order valence-electron chi connectivity index (χ3n) is 6.93. The number of nitrogens with two attached hydrogens (primary N) is 1. The van der Waals surface area contributed by atoms with Crippen molar-refractivity contribution in [2.24, 2.45) is 5.73 Å². The Labute approximate surface area is 211 Å². The summed E-state index contributed by atoms with van der Waals surface area (Å²) in [7, 11) is 0. The van der Waals surface area contributed by atoms with Gasteiger partial charge in [0.1, 0.15) is 11.3 Å². The van der Waals surface area contributed by atoms with Crippen molar-refractivity contribution < 1.29 is 9.18 Å². The minimum Gasteiger partial charge on any atom is -0.366 e. The number of rotatable bonds is 11. The fraction of sp³-hybridized carbons (Fsp3) is 0.481. The SMILES string of the molecule is CCCCN(CC)CCSN1CCC(c2[nH]nc3c(C(N)=O)cc(-c4cccc(F)c4)cc23)CC1. The molecule has 6 nitrogen and oxygen atoms in total. The molecule has 2 aromatic carbocycles. The molecule has 35 heavy (non-hydrogen) atoms. The maximum atomic E-state index is 13.9. The van der Waals surface area contributed by atoms with Crippen LogP contribution in [0.3, 0.4) is 0 Å². The molecule has 0 aliphatic carbocycles. The molecule has 4 rings (SSSR count). The Morgan fingerprint density at radius 1 is 1.20 bits per heavy atom. The molecule has 0 bridgehead atoms. The van der Waals surface area contributed by atoms with E-state index in [0.29, 0.717) is 22.6 Å². The predicted octanol–water partition coefficient (Wildman–Crippen LogP) is 5.42. The molecule has 0 spiro atoms. The molecule has 1 amide bonds. The highest BCUT2D eigenvalue weighted by atomic mass is 32.2. The van der Waals surface area contributed by atoms with Crippen LogP contribution in [0.5, 0.6) is 0 Å². The Hall–Kier alpha value is -2.42. The molecule has 3 aromatic rings. The fourth-order valence-electron chi connectivity index (χ4n) is 4.85. The maximum absolute atomic E-state index is 13.9. The zero-order valence-corrected chi connectivity index (χ0v) is 21.5. The van der Waals surface area contributed by atoms with Crippen LogP contribution in [0.15, 0.2) is 36.4 Å². The molecule has 1 aliphatic rings. The van der Waals surface area contributed by atoms with Gasteiger partial charge in [0, 0.05) is 42.4 Å². The average Bonchev–Trinajstić information content (AvgIpc) is 3.30. The topological polar surface area (TPSA) is 78.2 Å². The molecule has 0 unspecified atom stereocenters. The van der Waals surface area contributed by atoms with Gasteiger partial charge in [-0.1, -0.05) is 44.3 Å². The van der Waals surface area contributed by atoms with Gasteiger partial charge in [0.15, 0.2) is 0 Å². The van der Waals surface area contributed by atoms with Crippen molar-refractivity contribution in [1.82, 2.24) is 19.4 Å². The highest BCUT2D eigenvalue weighted by molar-refractivity contribution is 7.97. The quantitative estimate of drug-likeness (QED) is 0.346. The van der Waals surface area contributed by atoms with Crippen molar-refractivity contribution in [2.75, 3.05) is 38.5 Å². The van der Waals surface area contributed by atoms with E-state index in [-0.39, 0.29) is 5.82 Å². The number of primary amides is 1. The van der Waals surface area contributed by atoms with Crippen LogP contribution >= 0.6 is 11.9 Å². The first kappa shape index (κ1) is 25.7. The van der Waals surface area contributed by atoms with Crippen LogP contribution in [-0.4, -0.2) is 63.8 Å². The Morgan fingerprint density at radius 3 is 2.69 bits per heavy atom. The molecular formula is C27H36FN5OS. The van der Waals surface area contributed by atoms with Gasteiger partial charge in [-0.25, -0.2) is 4.39 Å². The molecular weight excluding hydrogens is 461 g/mol. The number of carbonyl (C=O) groups is 1.